The molecule has 3 aromatic carbocycles. The molecule has 55 heavy (non-hydrogen) atoms. The summed E-state index contributed by atoms with van der Waals surface area (Å²) in [6.07, 6.45) is -8.13. The van der Waals surface area contributed by atoms with Crippen LogP contribution in [0.4, 0.5) is 16.2 Å². The first-order chi connectivity index (χ1) is 26.0. The molecule has 2 aliphatic rings. The van der Waals surface area contributed by atoms with Crippen LogP contribution in [0, 0.1) is 5.41 Å². The largest absolute Gasteiger partial charge is 0.397 e. The van der Waals surface area contributed by atoms with Crippen LogP contribution >= 0.6 is 0 Å². The average Bonchev–Trinajstić information content (AvgIpc) is 3.21. The third-order valence-electron chi connectivity index (χ3n) is 10.3. The molecule has 0 spiro atoms. The molecule has 2 aliphatic heterocycles. The van der Waals surface area contributed by atoms with E-state index in [1.165, 1.54) is 0 Å². The number of sulfone groups is 1. The Bertz CT molecular complexity index is 2000. The zero-order valence-corrected chi connectivity index (χ0v) is 32.3. The number of anilines is 2. The van der Waals surface area contributed by atoms with Crippen molar-refractivity contribution in [2.75, 3.05) is 43.3 Å². The lowest BCUT2D eigenvalue weighted by molar-refractivity contribution is -0.246. The Morgan fingerprint density at radius 2 is 1.75 bits per heavy atom. The van der Waals surface area contributed by atoms with Crippen LogP contribution in [-0.2, 0) is 40.5 Å². The van der Waals surface area contributed by atoms with Gasteiger partial charge in [-0.05, 0) is 66.3 Å². The fourth-order valence-electron chi connectivity index (χ4n) is 7.32. The number of carbonyl (C=O) groups is 1. The Labute approximate surface area is 320 Å². The number of nitrogens with one attached hydrogen (secondary N) is 2. The molecule has 7 N–H and O–H groups in total. The van der Waals surface area contributed by atoms with E-state index in [1.807, 2.05) is 25.9 Å². The fourth-order valence-corrected chi connectivity index (χ4v) is 9.88. The van der Waals surface area contributed by atoms with Crippen LogP contribution < -0.4 is 15.5 Å². The molecule has 3 aromatic rings. The van der Waals surface area contributed by atoms with Crippen molar-refractivity contribution in [2.24, 2.45) is 5.41 Å². The van der Waals surface area contributed by atoms with Crippen LogP contribution in [0.1, 0.15) is 48.8 Å². The molecule has 2 amide bonds. The Morgan fingerprint density at radius 3 is 2.40 bits per heavy atom. The van der Waals surface area contributed by atoms with Gasteiger partial charge in [0.1, 0.15) is 24.4 Å². The second-order valence-corrected chi connectivity index (χ2v) is 17.2. The molecule has 5 rings (SSSR count). The fraction of sp³-hybridized carbons (Fsp3) is 0.486. The molecule has 2 heterocycles. The lowest BCUT2D eigenvalue weighted by atomic mass is 9.69. The van der Waals surface area contributed by atoms with Crippen molar-refractivity contribution in [3.05, 3.63) is 89.5 Å². The van der Waals surface area contributed by atoms with Crippen molar-refractivity contribution in [2.45, 2.75) is 80.4 Å². The number of benzene rings is 3. The lowest BCUT2D eigenvalue weighted by Gasteiger charge is -2.42. The monoisotopic (exact) mass is 807 g/mol. The molecular weight excluding hydrogens is 759 g/mol. The molecular formula is C37H49N3O13S2. The van der Waals surface area contributed by atoms with Crippen LogP contribution in [0.5, 0.6) is 0 Å². The minimum absolute atomic E-state index is 0.0655. The first-order valence-electron chi connectivity index (χ1n) is 17.8. The van der Waals surface area contributed by atoms with Crippen molar-refractivity contribution < 1.29 is 60.3 Å². The van der Waals surface area contributed by atoms with Crippen molar-refractivity contribution in [1.29, 1.82) is 0 Å². The van der Waals surface area contributed by atoms with E-state index in [4.69, 9.17) is 14.0 Å². The first kappa shape index (κ1) is 42.5. The number of hydrogen-bond acceptors (Lipinski definition) is 13. The number of fused-ring (bicyclic) bond motifs is 1. The van der Waals surface area contributed by atoms with Crippen LogP contribution in [-0.4, -0.2) is 118 Å². The summed E-state index contributed by atoms with van der Waals surface area (Å²) in [6, 6.07) is 19.4. The Morgan fingerprint density at radius 1 is 1.02 bits per heavy atom. The van der Waals surface area contributed by atoms with Gasteiger partial charge >= 0.3 is 16.4 Å². The highest BCUT2D eigenvalue weighted by molar-refractivity contribution is 7.91. The molecule has 0 aromatic heterocycles. The van der Waals surface area contributed by atoms with Gasteiger partial charge in [0.05, 0.1) is 30.0 Å². The maximum atomic E-state index is 14.0. The minimum atomic E-state index is -4.94. The van der Waals surface area contributed by atoms with E-state index in [-0.39, 0.29) is 42.4 Å². The van der Waals surface area contributed by atoms with E-state index >= 15 is 0 Å². The van der Waals surface area contributed by atoms with Gasteiger partial charge in [0, 0.05) is 43.4 Å². The van der Waals surface area contributed by atoms with Crippen molar-refractivity contribution in [1.82, 2.24) is 5.32 Å². The molecule has 0 bridgehead atoms. The standard InChI is InChI=1S/C37H49N3O13S2/c1-4-37(16-9-17-41)22-54(46,47)29-15-14-26(40(2)3)19-27(29)30(34(37)44)24-12-8-13-25(18-24)38-36(45)39-35-32(43)33(51-20-23-10-6-5-7-11-23)31(42)28(53-35)21-52-55(48,49)50/h5-8,10-15,18-19,28,30-35,41-44H,4,9,16-17,20-22H2,1-3H3,(H2,38,39,45)(H,48,49,50)/t28-,30-,31-,32-,33+,34-,35-,37-/m1/s1. The quantitative estimate of drug-likeness (QED) is 0.116. The third-order valence-corrected chi connectivity index (χ3v) is 12.7. The van der Waals surface area contributed by atoms with E-state index in [0.29, 0.717) is 28.8 Å². The molecule has 0 unspecified atom stereocenters. The Kier molecular flexibility index (Phi) is 13.6. The number of aliphatic hydroxyl groups excluding tert-OH is 4. The lowest BCUT2D eigenvalue weighted by Crippen LogP contribution is -2.64. The van der Waals surface area contributed by atoms with Gasteiger partial charge in [-0.3, -0.25) is 4.55 Å². The van der Waals surface area contributed by atoms with Crippen LogP contribution in [0.3, 0.4) is 0 Å². The Hall–Kier alpha value is -3.69. The minimum Gasteiger partial charge on any atom is -0.396 e. The predicted molar refractivity (Wildman–Crippen MR) is 202 cm³/mol. The molecule has 0 saturated carbocycles. The molecule has 1 fully saturated rings. The zero-order valence-electron chi connectivity index (χ0n) is 30.7. The number of aliphatic hydroxyl groups is 4. The molecule has 18 heteroatoms. The number of ether oxygens (including phenoxy) is 2. The number of urea groups is 1. The first-order valence-corrected chi connectivity index (χ1v) is 20.8. The average molecular weight is 808 g/mol. The summed E-state index contributed by atoms with van der Waals surface area (Å²) in [7, 11) is -5.21. The topological polar surface area (TPSA) is 241 Å². The van der Waals surface area contributed by atoms with Gasteiger partial charge < -0.3 is 45.4 Å². The van der Waals surface area contributed by atoms with E-state index < -0.39 is 81.0 Å². The van der Waals surface area contributed by atoms with Crippen LogP contribution in [0.2, 0.25) is 0 Å². The summed E-state index contributed by atoms with van der Waals surface area (Å²) in [6.45, 7) is 0.698. The van der Waals surface area contributed by atoms with Gasteiger partial charge in [0.25, 0.3) is 0 Å². The Balaban J connectivity index is 1.43. The van der Waals surface area contributed by atoms with Gasteiger partial charge in [0.15, 0.2) is 16.1 Å². The maximum Gasteiger partial charge on any atom is 0.397 e. The zero-order chi connectivity index (χ0) is 40.1. The number of amides is 2. The molecule has 16 nitrogen and oxygen atoms in total. The van der Waals surface area contributed by atoms with E-state index in [0.717, 1.165) is 0 Å². The summed E-state index contributed by atoms with van der Waals surface area (Å²) in [5.41, 5.74) is 1.40. The molecule has 0 radical (unpaired) electrons. The van der Waals surface area contributed by atoms with Crippen molar-refractivity contribution >= 4 is 37.6 Å². The SMILES string of the molecule is CC[C@@]1(CCCO)CS(=O)(=O)c2ccc(N(C)C)cc2[C@@H](c2cccc(NC(=O)N[C@@H]3O[C@H](COS(=O)(=O)O)[C@@H](O)[C@H](OCc4ccccc4)[C@H]3O)c2)[C@H]1O. The second-order valence-electron chi connectivity index (χ2n) is 14.1. The normalized spacial score (nSPS) is 27.7. The van der Waals surface area contributed by atoms with Crippen LogP contribution in [0.25, 0.3) is 0 Å². The summed E-state index contributed by atoms with van der Waals surface area (Å²) in [5, 5.41) is 49.2. The molecule has 302 valence electrons. The summed E-state index contributed by atoms with van der Waals surface area (Å²) < 4.78 is 75.5. The highest BCUT2D eigenvalue weighted by Gasteiger charge is 2.49. The number of carbonyl (C=O) groups excluding carboxylic acids is 1. The predicted octanol–water partition coefficient (Wildman–Crippen LogP) is 2.17. The summed E-state index contributed by atoms with van der Waals surface area (Å²) >= 11 is 0. The number of rotatable bonds is 14. The van der Waals surface area contributed by atoms with E-state index in [2.05, 4.69) is 14.8 Å². The molecule has 1 saturated heterocycles. The van der Waals surface area contributed by atoms with E-state index in [9.17, 15) is 42.1 Å². The summed E-state index contributed by atoms with van der Waals surface area (Å²) in [4.78, 5) is 15.4. The summed E-state index contributed by atoms with van der Waals surface area (Å²) in [5.74, 6) is -1.19. The van der Waals surface area contributed by atoms with Gasteiger partial charge in [-0.1, -0.05) is 49.4 Å². The third kappa shape index (κ3) is 10.0. The van der Waals surface area contributed by atoms with Gasteiger partial charge in [0.2, 0.25) is 0 Å². The highest BCUT2D eigenvalue weighted by Crippen LogP contribution is 2.49. The number of hydrogen-bond donors (Lipinski definition) is 7. The van der Waals surface area contributed by atoms with Crippen molar-refractivity contribution in [3.8, 4) is 0 Å². The van der Waals surface area contributed by atoms with Gasteiger partial charge in [-0.15, -0.1) is 0 Å². The van der Waals surface area contributed by atoms with Gasteiger partial charge in [-0.2, -0.15) is 8.42 Å². The molecule has 8 atom stereocenters. The number of nitrogens with zero attached hydrogens (tertiary/aromatic N) is 1. The maximum absolute atomic E-state index is 14.0. The van der Waals surface area contributed by atoms with Crippen LogP contribution in [0.15, 0.2) is 77.7 Å². The highest BCUT2D eigenvalue weighted by atomic mass is 32.3. The van der Waals surface area contributed by atoms with Crippen molar-refractivity contribution in [3.63, 3.8) is 0 Å². The smallest absolute Gasteiger partial charge is 0.396 e. The van der Waals surface area contributed by atoms with Gasteiger partial charge in [-0.25, -0.2) is 17.4 Å². The molecule has 0 aliphatic carbocycles. The second kappa shape index (κ2) is 17.6. The van der Waals surface area contributed by atoms with E-state index in [1.54, 1.807) is 72.8 Å².